The van der Waals surface area contributed by atoms with Gasteiger partial charge in [0, 0.05) is 36.8 Å². The van der Waals surface area contributed by atoms with Gasteiger partial charge in [-0.15, -0.1) is 11.3 Å². The highest BCUT2D eigenvalue weighted by Crippen LogP contribution is 2.37. The number of rotatable bonds is 5. The van der Waals surface area contributed by atoms with E-state index in [0.29, 0.717) is 6.61 Å². The summed E-state index contributed by atoms with van der Waals surface area (Å²) in [4.78, 5) is 25.9. The number of aromatic nitrogens is 1. The van der Waals surface area contributed by atoms with Crippen LogP contribution in [0.1, 0.15) is 35.3 Å². The van der Waals surface area contributed by atoms with Gasteiger partial charge in [0.25, 0.3) is 0 Å². The molecule has 0 aromatic carbocycles. The number of carboxylic acid groups (broad SMARTS) is 2. The van der Waals surface area contributed by atoms with E-state index in [1.165, 1.54) is 29.0 Å². The number of carbonyl (C=O) groups is 2. The summed E-state index contributed by atoms with van der Waals surface area (Å²) in [6, 6.07) is 6.24. The van der Waals surface area contributed by atoms with Crippen molar-refractivity contribution in [2.24, 2.45) is 0 Å². The molecule has 2 atom stereocenters. The summed E-state index contributed by atoms with van der Waals surface area (Å²) >= 11 is 1.87. The van der Waals surface area contributed by atoms with E-state index < -0.39 is 24.3 Å². The molecule has 218 valence electrons. The summed E-state index contributed by atoms with van der Waals surface area (Å²) < 4.78 is 75.9. The van der Waals surface area contributed by atoms with Crippen molar-refractivity contribution in [2.75, 3.05) is 19.7 Å². The van der Waals surface area contributed by atoms with Crippen molar-refractivity contribution in [3.05, 3.63) is 52.0 Å². The van der Waals surface area contributed by atoms with E-state index >= 15 is 0 Å². The molecular weight excluding hydrogens is 558 g/mol. The minimum absolute atomic E-state index is 0.00761. The van der Waals surface area contributed by atoms with Gasteiger partial charge in [-0.25, -0.2) is 9.59 Å². The molecule has 39 heavy (non-hydrogen) atoms. The molecule has 0 saturated carbocycles. The fourth-order valence-electron chi connectivity index (χ4n) is 3.98. The Morgan fingerprint density at radius 1 is 1.13 bits per heavy atom. The maximum atomic E-state index is 10.6. The maximum absolute atomic E-state index is 10.6. The van der Waals surface area contributed by atoms with Crippen molar-refractivity contribution in [1.29, 1.82) is 0 Å². The Hall–Kier alpha value is -2.75. The van der Waals surface area contributed by atoms with E-state index in [-0.39, 0.29) is 11.7 Å². The lowest BCUT2D eigenvalue weighted by Gasteiger charge is -2.39. The van der Waals surface area contributed by atoms with Crippen LogP contribution in [0.15, 0.2) is 36.0 Å². The van der Waals surface area contributed by atoms with Gasteiger partial charge >= 0.3 is 24.3 Å². The van der Waals surface area contributed by atoms with E-state index in [0.717, 1.165) is 32.5 Å². The zero-order valence-corrected chi connectivity index (χ0v) is 21.6. The van der Waals surface area contributed by atoms with Gasteiger partial charge in [-0.05, 0) is 61.0 Å². The van der Waals surface area contributed by atoms with E-state index in [1.54, 1.807) is 0 Å². The second-order valence-corrected chi connectivity index (χ2v) is 9.93. The molecule has 0 amide bonds. The molecule has 2 aromatic heterocycles. The third-order valence-electron chi connectivity index (χ3n) is 5.85. The topological polar surface area (TPSA) is 109 Å². The molecule has 2 saturated heterocycles. The van der Waals surface area contributed by atoms with Gasteiger partial charge in [0.05, 0.1) is 24.9 Å². The highest BCUT2D eigenvalue weighted by Gasteiger charge is 2.44. The second kappa shape index (κ2) is 14.1. The normalized spacial score (nSPS) is 21.5. The maximum Gasteiger partial charge on any atom is 0.490 e. The highest BCUT2D eigenvalue weighted by molar-refractivity contribution is 7.10. The van der Waals surface area contributed by atoms with Crippen LogP contribution in [0.3, 0.4) is 0 Å². The quantitative estimate of drug-likeness (QED) is 0.469. The van der Waals surface area contributed by atoms with Gasteiger partial charge in [-0.1, -0.05) is 0 Å². The van der Waals surface area contributed by atoms with Crippen molar-refractivity contribution in [1.82, 2.24) is 9.88 Å². The summed E-state index contributed by atoms with van der Waals surface area (Å²) in [6.07, 6.45) is -2.95. The summed E-state index contributed by atoms with van der Waals surface area (Å²) in [5.74, 6) is -5.51. The van der Waals surface area contributed by atoms with Crippen molar-refractivity contribution in [2.45, 2.75) is 63.4 Å². The van der Waals surface area contributed by atoms with Crippen LogP contribution in [-0.2, 0) is 32.2 Å². The molecular formula is C24H28F6N2O6S. The van der Waals surface area contributed by atoms with Gasteiger partial charge < -0.3 is 19.7 Å². The van der Waals surface area contributed by atoms with Gasteiger partial charge in [0.2, 0.25) is 0 Å². The summed E-state index contributed by atoms with van der Waals surface area (Å²) in [7, 11) is 0. The number of pyridine rings is 1. The first-order valence-corrected chi connectivity index (χ1v) is 12.5. The Morgan fingerprint density at radius 2 is 1.72 bits per heavy atom. The third kappa shape index (κ3) is 11.1. The smallest absolute Gasteiger partial charge is 0.475 e. The number of likely N-dealkylation sites (tertiary alicyclic amines) is 1. The molecule has 2 fully saturated rings. The molecule has 2 aromatic rings. The lowest BCUT2D eigenvalue weighted by atomic mass is 9.89. The number of piperidine rings is 1. The predicted molar refractivity (Wildman–Crippen MR) is 127 cm³/mol. The Morgan fingerprint density at radius 3 is 2.23 bits per heavy atom. The van der Waals surface area contributed by atoms with E-state index in [4.69, 9.17) is 29.3 Å². The Kier molecular flexibility index (Phi) is 11.7. The minimum Gasteiger partial charge on any atom is -0.475 e. The fraction of sp³-hybridized carbons (Fsp3) is 0.542. The molecule has 4 rings (SSSR count). The average Bonchev–Trinajstić information content (AvgIpc) is 3.43. The Balaban J connectivity index is 0.000000317. The van der Waals surface area contributed by atoms with Crippen LogP contribution in [-0.4, -0.2) is 75.8 Å². The molecule has 15 heteroatoms. The number of nitrogens with zero attached hydrogens (tertiary/aromatic N) is 2. The van der Waals surface area contributed by atoms with E-state index in [1.807, 2.05) is 35.9 Å². The molecule has 2 N–H and O–H groups in total. The zero-order valence-electron chi connectivity index (χ0n) is 20.8. The van der Waals surface area contributed by atoms with Gasteiger partial charge in [0.1, 0.15) is 0 Å². The van der Waals surface area contributed by atoms with Crippen molar-refractivity contribution < 1.29 is 55.6 Å². The second-order valence-electron chi connectivity index (χ2n) is 8.93. The predicted octanol–water partition coefficient (Wildman–Crippen LogP) is 5.06. The van der Waals surface area contributed by atoms with Crippen LogP contribution in [0.2, 0.25) is 0 Å². The third-order valence-corrected chi connectivity index (χ3v) is 6.86. The largest absolute Gasteiger partial charge is 0.490 e. The van der Waals surface area contributed by atoms with Crippen LogP contribution in [0.5, 0.6) is 0 Å². The van der Waals surface area contributed by atoms with Crippen molar-refractivity contribution in [3.8, 4) is 0 Å². The number of aryl methyl sites for hydroxylation is 1. The first-order valence-electron chi connectivity index (χ1n) is 11.6. The molecule has 8 nitrogen and oxygen atoms in total. The van der Waals surface area contributed by atoms with Crippen molar-refractivity contribution in [3.63, 3.8) is 0 Å². The van der Waals surface area contributed by atoms with Gasteiger partial charge in [-0.2, -0.15) is 26.3 Å². The van der Waals surface area contributed by atoms with Crippen LogP contribution < -0.4 is 0 Å². The number of carboxylic acids is 2. The fourth-order valence-corrected chi connectivity index (χ4v) is 4.93. The number of ether oxygens (including phenoxy) is 2. The van der Waals surface area contributed by atoms with Gasteiger partial charge in [-0.3, -0.25) is 9.88 Å². The minimum atomic E-state index is -5.08. The monoisotopic (exact) mass is 586 g/mol. The standard InChI is InChI=1S/C20H26N2O2S.2C2HF3O2/c1-16-5-10-25-19(16)12-22-9-2-6-20(15-22)11-18(14-24-20)23-13-17-3-7-21-8-4-17;2*3-2(4,5)1(6)7/h3-5,7-8,10,18H,2,6,9,11-15H2,1H3;2*(H,6,7)/t18-,20-;;/m0../s1. The first-order chi connectivity index (χ1) is 18.1. The summed E-state index contributed by atoms with van der Waals surface area (Å²) in [6.45, 7) is 6.82. The lowest BCUT2D eigenvalue weighted by Crippen LogP contribution is -2.47. The van der Waals surface area contributed by atoms with E-state index in [9.17, 15) is 26.3 Å². The van der Waals surface area contributed by atoms with Crippen LogP contribution in [0, 0.1) is 6.92 Å². The number of halogens is 6. The highest BCUT2D eigenvalue weighted by atomic mass is 32.1. The Bertz CT molecular complexity index is 1040. The van der Waals surface area contributed by atoms with Gasteiger partial charge in [0.15, 0.2) is 0 Å². The lowest BCUT2D eigenvalue weighted by molar-refractivity contribution is -0.193. The Labute approximate surface area is 224 Å². The molecule has 2 aliphatic heterocycles. The SMILES string of the molecule is Cc1ccsc1CN1CCC[C@]2(C[C@H](OCc3ccncc3)CO2)C1.O=C(O)C(F)(F)F.O=C(O)C(F)(F)F. The van der Waals surface area contributed by atoms with Crippen LogP contribution >= 0.6 is 11.3 Å². The molecule has 0 bridgehead atoms. The average molecular weight is 587 g/mol. The van der Waals surface area contributed by atoms with Crippen LogP contribution in [0.4, 0.5) is 26.3 Å². The number of hydrogen-bond acceptors (Lipinski definition) is 7. The molecule has 1 spiro atoms. The number of thiophene rings is 1. The zero-order chi connectivity index (χ0) is 29.3. The molecule has 0 aliphatic carbocycles. The molecule has 0 unspecified atom stereocenters. The number of aliphatic carboxylic acids is 2. The summed E-state index contributed by atoms with van der Waals surface area (Å²) in [5.41, 5.74) is 2.58. The van der Waals surface area contributed by atoms with Crippen molar-refractivity contribution >= 4 is 23.3 Å². The molecule has 2 aliphatic rings. The first kappa shape index (κ1) is 32.5. The van der Waals surface area contributed by atoms with E-state index in [2.05, 4.69) is 28.3 Å². The number of hydrogen-bond donors (Lipinski definition) is 2. The molecule has 0 radical (unpaired) electrons. The van der Waals surface area contributed by atoms with Crippen LogP contribution in [0.25, 0.3) is 0 Å². The number of alkyl halides is 6. The summed E-state index contributed by atoms with van der Waals surface area (Å²) in [5, 5.41) is 16.4. The molecule has 4 heterocycles.